The molecule has 2 aromatic carbocycles. The summed E-state index contributed by atoms with van der Waals surface area (Å²) < 4.78 is 41.7. The van der Waals surface area contributed by atoms with Gasteiger partial charge in [0.25, 0.3) is 5.91 Å². The van der Waals surface area contributed by atoms with Crippen LogP contribution in [0.4, 0.5) is 29.7 Å². The Balaban J connectivity index is 1.59. The van der Waals surface area contributed by atoms with Crippen LogP contribution >= 0.6 is 11.3 Å². The lowest BCUT2D eigenvalue weighted by Crippen LogP contribution is -2.27. The van der Waals surface area contributed by atoms with E-state index in [1.54, 1.807) is 43.7 Å². The largest absolute Gasteiger partial charge is 0.416 e. The summed E-state index contributed by atoms with van der Waals surface area (Å²) in [6, 6.07) is 7.49. The first-order valence-corrected chi connectivity index (χ1v) is 14.2. The Kier molecular flexibility index (Phi) is 9.54. The van der Waals surface area contributed by atoms with Gasteiger partial charge in [0, 0.05) is 44.2 Å². The number of nitrogens with one attached hydrogen (secondary N) is 3. The van der Waals surface area contributed by atoms with Gasteiger partial charge in [-0.15, -0.1) is 0 Å². The molecule has 0 bridgehead atoms. The van der Waals surface area contributed by atoms with Gasteiger partial charge in [-0.1, -0.05) is 17.4 Å². The van der Waals surface area contributed by atoms with Gasteiger partial charge in [-0.2, -0.15) is 13.2 Å². The van der Waals surface area contributed by atoms with Crippen LogP contribution in [0.3, 0.4) is 0 Å². The van der Waals surface area contributed by atoms with E-state index < -0.39 is 17.6 Å². The molecule has 1 fully saturated rings. The second-order valence-electron chi connectivity index (χ2n) is 10.2. The molecule has 1 saturated heterocycles. The van der Waals surface area contributed by atoms with Crippen LogP contribution in [0, 0.1) is 13.8 Å². The molecule has 4 rings (SSSR count). The van der Waals surface area contributed by atoms with E-state index in [0.717, 1.165) is 37.6 Å². The second-order valence-corrected chi connectivity index (χ2v) is 11.2. The SMILES string of the molecule is CN/C(=C\N(N)c1cc(C(=O)Nc2cc(CN3CCCC3)c(C)c(C(F)(F)F)c2)ccc1C)c1cnc(NC(C)=O)s1. The standard InChI is InChI=1S/C29H34F3N7O2S/c1-17-7-8-20(12-25(17)39(33)16-24(34-4)26-14-35-28(42-26)36-19(3)40)27(41)37-22-11-21(15-38-9-5-6-10-38)18(2)23(13-22)29(30,31)32/h7-8,11-14,16,34H,5-6,9-10,15,33H2,1-4H3,(H,37,41)(H,35,36,40)/b24-16-. The summed E-state index contributed by atoms with van der Waals surface area (Å²) in [5.74, 6) is 5.57. The van der Waals surface area contributed by atoms with Gasteiger partial charge in [-0.05, 0) is 80.7 Å². The first kappa shape index (κ1) is 31.0. The lowest BCUT2D eigenvalue weighted by atomic mass is 9.99. The summed E-state index contributed by atoms with van der Waals surface area (Å²) in [5.41, 5.74) is 2.15. The van der Waals surface area contributed by atoms with E-state index >= 15 is 0 Å². The van der Waals surface area contributed by atoms with Gasteiger partial charge in [-0.3, -0.25) is 19.5 Å². The molecular formula is C29H34F3N7O2S. The summed E-state index contributed by atoms with van der Waals surface area (Å²) in [6.45, 7) is 6.75. The monoisotopic (exact) mass is 601 g/mol. The average Bonchev–Trinajstić information content (AvgIpc) is 3.60. The number of halogens is 3. The summed E-state index contributed by atoms with van der Waals surface area (Å²) in [7, 11) is 1.71. The van der Waals surface area contributed by atoms with Crippen molar-refractivity contribution in [1.82, 2.24) is 15.2 Å². The Morgan fingerprint density at radius 3 is 2.50 bits per heavy atom. The summed E-state index contributed by atoms with van der Waals surface area (Å²) in [4.78, 5) is 31.6. The maximum Gasteiger partial charge on any atom is 0.416 e. The number of nitrogens with zero attached hydrogens (tertiary/aromatic N) is 3. The number of hydrogen-bond acceptors (Lipinski definition) is 8. The molecule has 3 aromatic rings. The number of amides is 2. The number of alkyl halides is 3. The molecule has 0 radical (unpaired) electrons. The molecule has 224 valence electrons. The van der Waals surface area contributed by atoms with E-state index in [1.807, 2.05) is 6.92 Å². The molecule has 42 heavy (non-hydrogen) atoms. The number of aryl methyl sites for hydroxylation is 1. The lowest BCUT2D eigenvalue weighted by molar-refractivity contribution is -0.138. The maximum absolute atomic E-state index is 13.9. The number of carbonyl (C=O) groups excluding carboxylic acids is 2. The molecule has 2 amide bonds. The van der Waals surface area contributed by atoms with Crippen LogP contribution in [0.15, 0.2) is 42.7 Å². The van der Waals surface area contributed by atoms with E-state index in [2.05, 4.69) is 25.8 Å². The van der Waals surface area contributed by atoms with Gasteiger partial charge in [-0.25, -0.2) is 10.8 Å². The van der Waals surface area contributed by atoms with Gasteiger partial charge in [0.05, 0.1) is 21.8 Å². The van der Waals surface area contributed by atoms with Crippen molar-refractivity contribution in [3.05, 3.63) is 75.4 Å². The lowest BCUT2D eigenvalue weighted by Gasteiger charge is -2.21. The van der Waals surface area contributed by atoms with Gasteiger partial charge in [0.2, 0.25) is 5.91 Å². The minimum atomic E-state index is -4.56. The summed E-state index contributed by atoms with van der Waals surface area (Å²) >= 11 is 1.26. The van der Waals surface area contributed by atoms with Crippen molar-refractivity contribution in [1.29, 1.82) is 0 Å². The molecule has 0 saturated carbocycles. The molecule has 1 aliphatic heterocycles. The van der Waals surface area contributed by atoms with Crippen LogP contribution in [0.5, 0.6) is 0 Å². The Morgan fingerprint density at radius 1 is 1.14 bits per heavy atom. The van der Waals surface area contributed by atoms with Crippen LogP contribution in [0.2, 0.25) is 0 Å². The third-order valence-corrected chi connectivity index (χ3v) is 7.96. The molecule has 1 aliphatic rings. The van der Waals surface area contributed by atoms with E-state index in [1.165, 1.54) is 30.2 Å². The number of thiazole rings is 1. The zero-order valence-electron chi connectivity index (χ0n) is 23.9. The number of rotatable bonds is 9. The highest BCUT2D eigenvalue weighted by molar-refractivity contribution is 7.16. The number of aromatic nitrogens is 1. The summed E-state index contributed by atoms with van der Waals surface area (Å²) in [5, 5.41) is 10.1. The molecule has 2 heterocycles. The number of hydrazine groups is 1. The molecule has 0 unspecified atom stereocenters. The second kappa shape index (κ2) is 12.9. The highest BCUT2D eigenvalue weighted by atomic mass is 32.1. The van der Waals surface area contributed by atoms with Crippen molar-refractivity contribution in [3.63, 3.8) is 0 Å². The molecule has 0 atom stereocenters. The van der Waals surface area contributed by atoms with Crippen molar-refractivity contribution in [2.45, 2.75) is 46.3 Å². The first-order chi connectivity index (χ1) is 19.8. The minimum absolute atomic E-state index is 0.0800. The van der Waals surface area contributed by atoms with Crippen molar-refractivity contribution < 1.29 is 22.8 Å². The number of likely N-dealkylation sites (tertiary alicyclic amines) is 1. The van der Waals surface area contributed by atoms with E-state index in [0.29, 0.717) is 33.5 Å². The van der Waals surface area contributed by atoms with Crippen molar-refractivity contribution in [2.75, 3.05) is 35.8 Å². The van der Waals surface area contributed by atoms with Crippen LogP contribution in [-0.2, 0) is 17.5 Å². The van der Waals surface area contributed by atoms with Gasteiger partial charge < -0.3 is 16.0 Å². The normalized spacial score (nSPS) is 14.1. The fraction of sp³-hybridized carbons (Fsp3) is 0.345. The van der Waals surface area contributed by atoms with Gasteiger partial charge >= 0.3 is 6.18 Å². The first-order valence-electron chi connectivity index (χ1n) is 13.4. The van der Waals surface area contributed by atoms with Crippen molar-refractivity contribution in [3.8, 4) is 0 Å². The third-order valence-electron chi connectivity index (χ3n) is 7.01. The van der Waals surface area contributed by atoms with Gasteiger partial charge in [0.1, 0.15) is 0 Å². The Bertz CT molecular complexity index is 1500. The number of hydrogen-bond donors (Lipinski definition) is 4. The molecule has 0 spiro atoms. The molecule has 13 heteroatoms. The predicted molar refractivity (Wildman–Crippen MR) is 160 cm³/mol. The van der Waals surface area contributed by atoms with E-state index in [9.17, 15) is 22.8 Å². The molecule has 1 aromatic heterocycles. The van der Waals surface area contributed by atoms with Crippen LogP contribution in [-0.4, -0.2) is 41.8 Å². The Morgan fingerprint density at radius 2 is 1.86 bits per heavy atom. The van der Waals surface area contributed by atoms with E-state index in [-0.39, 0.29) is 22.7 Å². The number of carbonyl (C=O) groups is 2. The molecule has 0 aliphatic carbocycles. The smallest absolute Gasteiger partial charge is 0.386 e. The quantitative estimate of drug-likeness (QED) is 0.190. The number of anilines is 3. The van der Waals surface area contributed by atoms with Crippen molar-refractivity contribution in [2.24, 2.45) is 5.84 Å². The Labute approximate surface area is 246 Å². The Hall–Kier alpha value is -3.94. The highest BCUT2D eigenvalue weighted by Gasteiger charge is 2.34. The molecule has 5 N–H and O–H groups in total. The van der Waals surface area contributed by atoms with Gasteiger partial charge in [0.15, 0.2) is 5.13 Å². The number of nitrogens with two attached hydrogens (primary N) is 1. The zero-order chi connectivity index (χ0) is 30.6. The van der Waals surface area contributed by atoms with Crippen LogP contribution < -0.4 is 26.8 Å². The van der Waals surface area contributed by atoms with Crippen molar-refractivity contribution >= 4 is 45.4 Å². The highest BCUT2D eigenvalue weighted by Crippen LogP contribution is 2.36. The molecule has 9 nitrogen and oxygen atoms in total. The van der Waals surface area contributed by atoms with Crippen LogP contribution in [0.1, 0.15) is 57.3 Å². The number of benzene rings is 2. The minimum Gasteiger partial charge on any atom is -0.386 e. The molecular weight excluding hydrogens is 567 g/mol. The topological polar surface area (TPSA) is 116 Å². The van der Waals surface area contributed by atoms with E-state index in [4.69, 9.17) is 5.84 Å². The summed E-state index contributed by atoms with van der Waals surface area (Å²) in [6.07, 6.45) is 0.693. The average molecular weight is 602 g/mol. The third kappa shape index (κ3) is 7.46. The maximum atomic E-state index is 13.9. The predicted octanol–water partition coefficient (Wildman–Crippen LogP) is 5.48. The fourth-order valence-corrected chi connectivity index (χ4v) is 5.66. The fourth-order valence-electron chi connectivity index (χ4n) is 4.79. The van der Waals surface area contributed by atoms with Crippen LogP contribution in [0.25, 0.3) is 5.70 Å². The zero-order valence-corrected chi connectivity index (χ0v) is 24.7.